The SMILES string of the molecule is CC.Cc1ccc2cnc(Cl)cc2c1. The standard InChI is InChI=1S/C10H8ClN.C2H6/c1-7-2-3-8-6-12-10(11)5-9(8)4-7;1-2/h2-6H,1H3;1-2H3. The molecule has 1 aromatic heterocycles. The minimum atomic E-state index is 0.549. The molecule has 0 saturated carbocycles. The average molecular weight is 208 g/mol. The van der Waals surface area contributed by atoms with Gasteiger partial charge in [0, 0.05) is 11.6 Å². The van der Waals surface area contributed by atoms with Gasteiger partial charge in [-0.05, 0) is 18.4 Å². The van der Waals surface area contributed by atoms with Gasteiger partial charge in [0.2, 0.25) is 0 Å². The maximum absolute atomic E-state index is 5.76. The molecule has 2 aromatic rings. The van der Waals surface area contributed by atoms with E-state index in [-0.39, 0.29) is 0 Å². The van der Waals surface area contributed by atoms with Crippen molar-refractivity contribution in [1.82, 2.24) is 4.98 Å². The second-order valence-corrected chi connectivity index (χ2v) is 3.24. The molecular weight excluding hydrogens is 194 g/mol. The molecule has 0 radical (unpaired) electrons. The van der Waals surface area contributed by atoms with E-state index in [1.54, 1.807) is 6.20 Å². The first-order valence-corrected chi connectivity index (χ1v) is 5.15. The molecule has 14 heavy (non-hydrogen) atoms. The van der Waals surface area contributed by atoms with Crippen molar-refractivity contribution in [3.05, 3.63) is 41.2 Å². The molecule has 0 aliphatic carbocycles. The van der Waals surface area contributed by atoms with Crippen molar-refractivity contribution in [1.29, 1.82) is 0 Å². The van der Waals surface area contributed by atoms with E-state index >= 15 is 0 Å². The lowest BCUT2D eigenvalue weighted by Gasteiger charge is -1.98. The summed E-state index contributed by atoms with van der Waals surface area (Å²) in [6.45, 7) is 6.06. The van der Waals surface area contributed by atoms with Crippen LogP contribution in [0.2, 0.25) is 5.15 Å². The van der Waals surface area contributed by atoms with Crippen molar-refractivity contribution in [2.24, 2.45) is 0 Å². The first kappa shape index (κ1) is 11.0. The van der Waals surface area contributed by atoms with Crippen LogP contribution in [0, 0.1) is 6.92 Å². The fourth-order valence-electron chi connectivity index (χ4n) is 1.23. The zero-order valence-electron chi connectivity index (χ0n) is 8.71. The summed E-state index contributed by atoms with van der Waals surface area (Å²) in [4.78, 5) is 4.00. The maximum Gasteiger partial charge on any atom is 0.129 e. The number of hydrogen-bond donors (Lipinski definition) is 0. The van der Waals surface area contributed by atoms with E-state index in [0.717, 1.165) is 10.8 Å². The second-order valence-electron chi connectivity index (χ2n) is 2.86. The highest BCUT2D eigenvalue weighted by Crippen LogP contribution is 2.17. The van der Waals surface area contributed by atoms with Crippen LogP contribution in [-0.2, 0) is 0 Å². The van der Waals surface area contributed by atoms with E-state index in [0.29, 0.717) is 5.15 Å². The molecule has 0 fully saturated rings. The first-order chi connectivity index (χ1) is 6.75. The van der Waals surface area contributed by atoms with Gasteiger partial charge in [0.05, 0.1) is 0 Å². The van der Waals surface area contributed by atoms with Crippen molar-refractivity contribution in [2.75, 3.05) is 0 Å². The van der Waals surface area contributed by atoms with Crippen LogP contribution in [-0.4, -0.2) is 4.98 Å². The van der Waals surface area contributed by atoms with Gasteiger partial charge in [-0.3, -0.25) is 0 Å². The highest BCUT2D eigenvalue weighted by molar-refractivity contribution is 6.30. The Morgan fingerprint density at radius 3 is 2.50 bits per heavy atom. The molecule has 0 N–H and O–H groups in total. The number of fused-ring (bicyclic) bond motifs is 1. The van der Waals surface area contributed by atoms with E-state index in [4.69, 9.17) is 11.6 Å². The number of rotatable bonds is 0. The average Bonchev–Trinajstić information content (AvgIpc) is 2.20. The quantitative estimate of drug-likeness (QED) is 0.590. The third-order valence-corrected chi connectivity index (χ3v) is 2.05. The van der Waals surface area contributed by atoms with Gasteiger partial charge < -0.3 is 0 Å². The van der Waals surface area contributed by atoms with Crippen LogP contribution < -0.4 is 0 Å². The number of hydrogen-bond acceptors (Lipinski definition) is 1. The number of nitrogens with zero attached hydrogens (tertiary/aromatic N) is 1. The van der Waals surface area contributed by atoms with Crippen LogP contribution in [0.1, 0.15) is 19.4 Å². The van der Waals surface area contributed by atoms with Gasteiger partial charge >= 0.3 is 0 Å². The van der Waals surface area contributed by atoms with Crippen LogP contribution in [0.15, 0.2) is 30.5 Å². The second kappa shape index (κ2) is 4.97. The molecule has 0 aliphatic heterocycles. The summed E-state index contributed by atoms with van der Waals surface area (Å²) < 4.78 is 0. The molecule has 0 saturated heterocycles. The fraction of sp³-hybridized carbons (Fsp3) is 0.250. The van der Waals surface area contributed by atoms with E-state index in [9.17, 15) is 0 Å². The minimum Gasteiger partial charge on any atom is -0.244 e. The summed E-state index contributed by atoms with van der Waals surface area (Å²) >= 11 is 5.76. The normalized spacial score (nSPS) is 9.43. The Labute approximate surface area is 89.7 Å². The molecule has 0 aliphatic rings. The smallest absolute Gasteiger partial charge is 0.129 e. The molecule has 2 rings (SSSR count). The summed E-state index contributed by atoms with van der Waals surface area (Å²) in [5.41, 5.74) is 1.24. The number of pyridine rings is 1. The number of aryl methyl sites for hydroxylation is 1. The zero-order chi connectivity index (χ0) is 10.6. The zero-order valence-corrected chi connectivity index (χ0v) is 9.47. The predicted octanol–water partition coefficient (Wildman–Crippen LogP) is 4.22. The molecule has 74 valence electrons. The molecule has 1 heterocycles. The van der Waals surface area contributed by atoms with Crippen LogP contribution in [0.25, 0.3) is 10.8 Å². The summed E-state index contributed by atoms with van der Waals surface area (Å²) in [7, 11) is 0. The Morgan fingerprint density at radius 2 is 1.79 bits per heavy atom. The highest BCUT2D eigenvalue weighted by atomic mass is 35.5. The van der Waals surface area contributed by atoms with Crippen LogP contribution >= 0.6 is 11.6 Å². The summed E-state index contributed by atoms with van der Waals surface area (Å²) in [5.74, 6) is 0. The lowest BCUT2D eigenvalue weighted by molar-refractivity contribution is 1.36. The van der Waals surface area contributed by atoms with Gasteiger partial charge in [-0.1, -0.05) is 49.2 Å². The van der Waals surface area contributed by atoms with Gasteiger partial charge in [0.25, 0.3) is 0 Å². The van der Waals surface area contributed by atoms with E-state index in [1.165, 1.54) is 5.56 Å². The largest absolute Gasteiger partial charge is 0.244 e. The molecule has 0 bridgehead atoms. The van der Waals surface area contributed by atoms with Crippen molar-refractivity contribution in [3.63, 3.8) is 0 Å². The third kappa shape index (κ3) is 2.46. The molecule has 0 amide bonds. The van der Waals surface area contributed by atoms with Crippen LogP contribution in [0.5, 0.6) is 0 Å². The van der Waals surface area contributed by atoms with E-state index in [2.05, 4.69) is 24.0 Å². The maximum atomic E-state index is 5.76. The van der Waals surface area contributed by atoms with E-state index in [1.807, 2.05) is 26.0 Å². The lowest BCUT2D eigenvalue weighted by atomic mass is 10.1. The molecular formula is C12H14ClN. The Kier molecular flexibility index (Phi) is 3.90. The topological polar surface area (TPSA) is 12.9 Å². The molecule has 2 heteroatoms. The molecule has 1 aromatic carbocycles. The molecule has 0 atom stereocenters. The van der Waals surface area contributed by atoms with Gasteiger partial charge in [-0.2, -0.15) is 0 Å². The Hall–Kier alpha value is -1.08. The predicted molar refractivity (Wildman–Crippen MR) is 62.8 cm³/mol. The van der Waals surface area contributed by atoms with Crippen LogP contribution in [0.4, 0.5) is 0 Å². The summed E-state index contributed by atoms with van der Waals surface area (Å²) in [6, 6.07) is 8.10. The van der Waals surface area contributed by atoms with Gasteiger partial charge in [0.1, 0.15) is 5.15 Å². The van der Waals surface area contributed by atoms with Crippen molar-refractivity contribution in [2.45, 2.75) is 20.8 Å². The fourth-order valence-corrected chi connectivity index (χ4v) is 1.40. The number of halogens is 1. The lowest BCUT2D eigenvalue weighted by Crippen LogP contribution is -1.78. The highest BCUT2D eigenvalue weighted by Gasteiger charge is 1.94. The van der Waals surface area contributed by atoms with Gasteiger partial charge in [0.15, 0.2) is 0 Å². The van der Waals surface area contributed by atoms with Gasteiger partial charge in [-0.15, -0.1) is 0 Å². The monoisotopic (exact) mass is 207 g/mol. The molecule has 0 unspecified atom stereocenters. The first-order valence-electron chi connectivity index (χ1n) is 4.77. The van der Waals surface area contributed by atoms with Gasteiger partial charge in [-0.25, -0.2) is 4.98 Å². The molecule has 0 spiro atoms. The Balaban J connectivity index is 0.000000461. The molecule has 1 nitrogen and oxygen atoms in total. The van der Waals surface area contributed by atoms with E-state index < -0.39 is 0 Å². The van der Waals surface area contributed by atoms with Crippen molar-refractivity contribution >= 4 is 22.4 Å². The number of aromatic nitrogens is 1. The van der Waals surface area contributed by atoms with Crippen molar-refractivity contribution in [3.8, 4) is 0 Å². The number of benzene rings is 1. The van der Waals surface area contributed by atoms with Crippen LogP contribution in [0.3, 0.4) is 0 Å². The Morgan fingerprint density at radius 1 is 1.07 bits per heavy atom. The Bertz CT molecular complexity index is 387. The van der Waals surface area contributed by atoms with Crippen molar-refractivity contribution < 1.29 is 0 Å². The summed E-state index contributed by atoms with van der Waals surface area (Å²) in [6.07, 6.45) is 1.79. The minimum absolute atomic E-state index is 0.549. The summed E-state index contributed by atoms with van der Waals surface area (Å²) in [5, 5.41) is 2.83. The third-order valence-electron chi connectivity index (χ3n) is 1.84.